The number of nitrogens with one attached hydrogen (secondary N) is 2. The van der Waals surface area contributed by atoms with Crippen LogP contribution in [0.3, 0.4) is 0 Å². The maximum Gasteiger partial charge on any atom is 0.252 e. The van der Waals surface area contributed by atoms with Gasteiger partial charge in [0, 0.05) is 23.0 Å². The lowest BCUT2D eigenvalue weighted by atomic mass is 9.66. The summed E-state index contributed by atoms with van der Waals surface area (Å²) in [5, 5.41) is 21.3. The Labute approximate surface area is 193 Å². The van der Waals surface area contributed by atoms with Gasteiger partial charge in [0.25, 0.3) is 5.91 Å². The molecule has 176 valence electrons. The van der Waals surface area contributed by atoms with Crippen LogP contribution in [-0.4, -0.2) is 22.5 Å². The van der Waals surface area contributed by atoms with Crippen molar-refractivity contribution in [1.29, 1.82) is 5.41 Å². The number of carbonyl (C=O) groups is 1. The number of phenolic OH excluding ortho intramolecular Hbond substituents is 1. The smallest absolute Gasteiger partial charge is 0.252 e. The van der Waals surface area contributed by atoms with Gasteiger partial charge in [-0.1, -0.05) is 52.5 Å². The molecular formula is C27H40N2O3. The minimum atomic E-state index is -0.399. The first kappa shape index (κ1) is 24.3. The molecule has 0 radical (unpaired) electrons. The Bertz CT molecular complexity index is 914. The van der Waals surface area contributed by atoms with Crippen molar-refractivity contribution in [3.05, 3.63) is 34.9 Å². The molecular weight excluding hydrogens is 400 g/mol. The predicted molar refractivity (Wildman–Crippen MR) is 130 cm³/mol. The molecule has 0 bridgehead atoms. The van der Waals surface area contributed by atoms with Crippen molar-refractivity contribution in [2.75, 3.05) is 0 Å². The van der Waals surface area contributed by atoms with E-state index in [-0.39, 0.29) is 34.7 Å². The zero-order chi connectivity index (χ0) is 23.7. The molecule has 1 amide bonds. The van der Waals surface area contributed by atoms with E-state index in [1.54, 1.807) is 6.92 Å². The third-order valence-corrected chi connectivity index (χ3v) is 7.33. The molecule has 1 aromatic carbocycles. The molecule has 0 saturated heterocycles. The maximum absolute atomic E-state index is 12.6. The number of phenols is 1. The Morgan fingerprint density at radius 2 is 2.00 bits per heavy atom. The fraction of sp³-hybridized carbons (Fsp3) is 0.630. The molecule has 0 unspecified atom stereocenters. The summed E-state index contributed by atoms with van der Waals surface area (Å²) in [6.45, 7) is 12.5. The molecule has 1 aromatic rings. The molecule has 3 N–H and O–H groups in total. The zero-order valence-electron chi connectivity index (χ0n) is 20.6. The van der Waals surface area contributed by atoms with Crippen LogP contribution in [0.25, 0.3) is 0 Å². The number of benzene rings is 1. The largest absolute Gasteiger partial charge is 0.508 e. The molecule has 1 aliphatic heterocycles. The van der Waals surface area contributed by atoms with Crippen LogP contribution < -0.4 is 10.1 Å². The van der Waals surface area contributed by atoms with E-state index >= 15 is 0 Å². The number of amidine groups is 1. The van der Waals surface area contributed by atoms with E-state index in [2.05, 4.69) is 46.0 Å². The lowest BCUT2D eigenvalue weighted by Gasteiger charge is -2.47. The third kappa shape index (κ3) is 5.02. The van der Waals surface area contributed by atoms with Crippen molar-refractivity contribution in [1.82, 2.24) is 5.32 Å². The second kappa shape index (κ2) is 9.29. The number of unbranched alkanes of at least 4 members (excludes halogenated alkanes) is 3. The molecule has 1 heterocycles. The van der Waals surface area contributed by atoms with Crippen molar-refractivity contribution in [2.24, 2.45) is 5.92 Å². The molecule has 2 atom stereocenters. The summed E-state index contributed by atoms with van der Waals surface area (Å²) in [5.41, 5.74) is 2.16. The first-order chi connectivity index (χ1) is 15.0. The van der Waals surface area contributed by atoms with E-state index in [0.29, 0.717) is 18.4 Å². The van der Waals surface area contributed by atoms with Crippen LogP contribution in [0, 0.1) is 11.3 Å². The highest BCUT2D eigenvalue weighted by molar-refractivity contribution is 6.04. The molecule has 0 aromatic heterocycles. The number of hydrogen-bond donors (Lipinski definition) is 3. The molecule has 1 aliphatic carbocycles. The molecule has 5 heteroatoms. The van der Waals surface area contributed by atoms with Crippen molar-refractivity contribution >= 4 is 11.7 Å². The maximum atomic E-state index is 12.6. The van der Waals surface area contributed by atoms with Gasteiger partial charge in [-0.2, -0.15) is 0 Å². The van der Waals surface area contributed by atoms with E-state index < -0.39 is 5.60 Å². The molecule has 3 rings (SSSR count). The minimum absolute atomic E-state index is 0.00672. The van der Waals surface area contributed by atoms with Crippen LogP contribution in [0.1, 0.15) is 104 Å². The predicted octanol–water partition coefficient (Wildman–Crippen LogP) is 6.34. The van der Waals surface area contributed by atoms with Gasteiger partial charge in [0.1, 0.15) is 17.1 Å². The molecule has 5 nitrogen and oxygen atoms in total. The van der Waals surface area contributed by atoms with Crippen molar-refractivity contribution in [2.45, 2.75) is 103 Å². The van der Waals surface area contributed by atoms with E-state index in [0.717, 1.165) is 23.3 Å². The highest BCUT2D eigenvalue weighted by Gasteiger charge is 2.47. The Morgan fingerprint density at radius 3 is 2.66 bits per heavy atom. The van der Waals surface area contributed by atoms with Gasteiger partial charge >= 0.3 is 0 Å². The second-order valence-corrected chi connectivity index (χ2v) is 10.8. The van der Waals surface area contributed by atoms with Gasteiger partial charge < -0.3 is 15.2 Å². The quantitative estimate of drug-likeness (QED) is 0.263. The van der Waals surface area contributed by atoms with Crippen LogP contribution in [0.5, 0.6) is 11.5 Å². The Balaban J connectivity index is 1.93. The van der Waals surface area contributed by atoms with E-state index in [9.17, 15) is 9.90 Å². The van der Waals surface area contributed by atoms with Crippen LogP contribution >= 0.6 is 0 Å². The van der Waals surface area contributed by atoms with Crippen molar-refractivity contribution < 1.29 is 14.6 Å². The Hall–Kier alpha value is -2.30. The number of rotatable bonds is 7. The van der Waals surface area contributed by atoms with E-state index in [4.69, 9.17) is 10.1 Å². The van der Waals surface area contributed by atoms with Gasteiger partial charge in [0.2, 0.25) is 0 Å². The molecule has 2 aliphatic rings. The zero-order valence-corrected chi connectivity index (χ0v) is 20.6. The summed E-state index contributed by atoms with van der Waals surface area (Å²) in [6.07, 6.45) is 9.17. The van der Waals surface area contributed by atoms with Gasteiger partial charge in [-0.15, -0.1) is 0 Å². The normalized spacial score (nSPS) is 21.6. The van der Waals surface area contributed by atoms with Gasteiger partial charge in [0.05, 0.1) is 5.84 Å². The lowest BCUT2D eigenvalue weighted by Crippen LogP contribution is -2.46. The number of ether oxygens (including phenoxy) is 1. The summed E-state index contributed by atoms with van der Waals surface area (Å²) in [7, 11) is 0. The first-order valence-corrected chi connectivity index (χ1v) is 12.1. The Morgan fingerprint density at radius 1 is 1.28 bits per heavy atom. The standard InChI is InChI=1S/C27H40N2O3/c1-7-8-9-10-13-26(3,4)19-15-22(30)24-20-14-18(25(31)29-17(2)28)11-12-21(20)27(5,6)32-23(24)16-19/h11,15-16,20-21,30H,7-10,12-14H2,1-6H3,(H2,28,29,31)/t20-,21-/m1/s1. The molecule has 0 saturated carbocycles. The van der Waals surface area contributed by atoms with E-state index in [1.807, 2.05) is 12.1 Å². The van der Waals surface area contributed by atoms with Crippen LogP contribution in [0.4, 0.5) is 0 Å². The molecule has 0 fully saturated rings. The molecule has 32 heavy (non-hydrogen) atoms. The fourth-order valence-electron chi connectivity index (χ4n) is 5.36. The average Bonchev–Trinajstić information content (AvgIpc) is 2.69. The number of fused-ring (bicyclic) bond motifs is 3. The van der Waals surface area contributed by atoms with Crippen molar-refractivity contribution in [3.63, 3.8) is 0 Å². The summed E-state index contributed by atoms with van der Waals surface area (Å²) < 4.78 is 6.48. The summed E-state index contributed by atoms with van der Waals surface area (Å²) in [6, 6.07) is 4.03. The van der Waals surface area contributed by atoms with Gasteiger partial charge in [0.15, 0.2) is 0 Å². The second-order valence-electron chi connectivity index (χ2n) is 10.8. The summed E-state index contributed by atoms with van der Waals surface area (Å²) >= 11 is 0. The van der Waals surface area contributed by atoms with Crippen LogP contribution in [0.15, 0.2) is 23.8 Å². The monoisotopic (exact) mass is 440 g/mol. The summed E-state index contributed by atoms with van der Waals surface area (Å²) in [4.78, 5) is 12.6. The molecule has 0 spiro atoms. The Kier molecular flexibility index (Phi) is 7.06. The number of allylic oxidation sites excluding steroid dienone is 1. The average molecular weight is 441 g/mol. The SMILES string of the molecule is CCCCCCC(C)(C)c1cc(O)c2c(c1)OC(C)(C)[C@@H]1CC=C(C(=O)NC(C)=N)C[C@@H]21. The number of carbonyl (C=O) groups excluding carboxylic acids is 1. The first-order valence-electron chi connectivity index (χ1n) is 12.1. The lowest BCUT2D eigenvalue weighted by molar-refractivity contribution is -0.116. The fourth-order valence-corrected chi connectivity index (χ4v) is 5.36. The van der Waals surface area contributed by atoms with Gasteiger partial charge in [-0.05, 0) is 63.1 Å². The topological polar surface area (TPSA) is 82.4 Å². The highest BCUT2D eigenvalue weighted by Crippen LogP contribution is 2.55. The third-order valence-electron chi connectivity index (χ3n) is 7.33. The van der Waals surface area contributed by atoms with Crippen LogP contribution in [-0.2, 0) is 10.2 Å². The number of amides is 1. The van der Waals surface area contributed by atoms with E-state index in [1.165, 1.54) is 25.7 Å². The minimum Gasteiger partial charge on any atom is -0.508 e. The van der Waals surface area contributed by atoms with Crippen molar-refractivity contribution in [3.8, 4) is 11.5 Å². The number of hydrogen-bond acceptors (Lipinski definition) is 4. The van der Waals surface area contributed by atoms with Gasteiger partial charge in [-0.25, -0.2) is 0 Å². The number of aromatic hydroxyl groups is 1. The highest BCUT2D eigenvalue weighted by atomic mass is 16.5. The van der Waals surface area contributed by atoms with Crippen LogP contribution in [0.2, 0.25) is 0 Å². The summed E-state index contributed by atoms with van der Waals surface area (Å²) in [5.74, 6) is 1.12. The van der Waals surface area contributed by atoms with Gasteiger partial charge in [-0.3, -0.25) is 10.2 Å².